The largest absolute Gasteiger partial charge is 0.383 e. The van der Waals surface area contributed by atoms with E-state index in [-0.39, 0.29) is 23.7 Å². The zero-order chi connectivity index (χ0) is 13.8. The fourth-order valence-corrected chi connectivity index (χ4v) is 1.51. The van der Waals surface area contributed by atoms with Crippen LogP contribution in [0.15, 0.2) is 36.5 Å². The number of nitrogen functional groups attached to an aromatic ring is 1. The van der Waals surface area contributed by atoms with Crippen LogP contribution in [-0.4, -0.2) is 10.9 Å². The van der Waals surface area contributed by atoms with Gasteiger partial charge in [-0.05, 0) is 23.8 Å². The summed E-state index contributed by atoms with van der Waals surface area (Å²) in [6, 6.07) is 6.69. The van der Waals surface area contributed by atoms with Crippen molar-refractivity contribution in [2.45, 2.75) is 6.54 Å². The van der Waals surface area contributed by atoms with Crippen molar-refractivity contribution in [3.05, 3.63) is 59.3 Å². The van der Waals surface area contributed by atoms with E-state index < -0.39 is 11.7 Å². The fraction of sp³-hybridized carbons (Fsp3) is 0.0769. The Morgan fingerprint density at radius 3 is 2.58 bits per heavy atom. The summed E-state index contributed by atoms with van der Waals surface area (Å²) in [5.41, 5.74) is 6.19. The highest BCUT2D eigenvalue weighted by atomic mass is 19.1. The van der Waals surface area contributed by atoms with E-state index in [0.29, 0.717) is 0 Å². The molecule has 98 valence electrons. The number of hydrogen-bond donors (Lipinski definition) is 2. The quantitative estimate of drug-likeness (QED) is 0.888. The first-order valence-electron chi connectivity index (χ1n) is 5.50. The predicted octanol–water partition coefficient (Wildman–Crippen LogP) is 1.87. The van der Waals surface area contributed by atoms with Gasteiger partial charge >= 0.3 is 0 Å². The van der Waals surface area contributed by atoms with Crippen molar-refractivity contribution in [1.29, 1.82) is 0 Å². The van der Waals surface area contributed by atoms with Gasteiger partial charge in [-0.2, -0.15) is 0 Å². The lowest BCUT2D eigenvalue weighted by atomic mass is 10.2. The molecule has 0 unspecified atom stereocenters. The number of nitrogens with zero attached hydrogens (tertiary/aromatic N) is 1. The maximum atomic E-state index is 13.0. The molecule has 0 saturated heterocycles. The van der Waals surface area contributed by atoms with Gasteiger partial charge in [0, 0.05) is 6.54 Å². The average Bonchev–Trinajstić information content (AvgIpc) is 2.40. The van der Waals surface area contributed by atoms with E-state index >= 15 is 0 Å². The summed E-state index contributed by atoms with van der Waals surface area (Å²) in [6.45, 7) is 0.190. The molecule has 0 aliphatic carbocycles. The van der Waals surface area contributed by atoms with E-state index in [1.807, 2.05) is 0 Å². The Kier molecular flexibility index (Phi) is 3.70. The van der Waals surface area contributed by atoms with Crippen molar-refractivity contribution in [3.8, 4) is 0 Å². The number of nitrogens with two attached hydrogens (primary N) is 1. The molecule has 1 amide bonds. The van der Waals surface area contributed by atoms with Crippen LogP contribution in [0.4, 0.5) is 14.6 Å². The number of carbonyl (C=O) groups is 1. The molecular formula is C13H11F2N3O. The zero-order valence-electron chi connectivity index (χ0n) is 9.86. The summed E-state index contributed by atoms with van der Waals surface area (Å²) in [5, 5.41) is 2.55. The molecule has 0 bridgehead atoms. The number of benzene rings is 1. The van der Waals surface area contributed by atoms with Gasteiger partial charge < -0.3 is 11.1 Å². The lowest BCUT2D eigenvalue weighted by Crippen LogP contribution is -2.24. The summed E-state index contributed by atoms with van der Waals surface area (Å²) in [4.78, 5) is 15.3. The third kappa shape index (κ3) is 3.25. The summed E-state index contributed by atoms with van der Waals surface area (Å²) >= 11 is 0. The molecule has 2 aromatic rings. The first-order chi connectivity index (χ1) is 9.06. The number of pyridine rings is 1. The van der Waals surface area contributed by atoms with Crippen LogP contribution in [0.5, 0.6) is 0 Å². The number of rotatable bonds is 3. The Bertz CT molecular complexity index is 599. The lowest BCUT2D eigenvalue weighted by Gasteiger charge is -2.07. The van der Waals surface area contributed by atoms with E-state index in [9.17, 15) is 13.6 Å². The lowest BCUT2D eigenvalue weighted by molar-refractivity contribution is 0.0951. The van der Waals surface area contributed by atoms with Crippen LogP contribution in [0.2, 0.25) is 0 Å². The second kappa shape index (κ2) is 5.43. The highest BCUT2D eigenvalue weighted by Crippen LogP contribution is 2.10. The highest BCUT2D eigenvalue weighted by molar-refractivity contribution is 5.98. The van der Waals surface area contributed by atoms with Gasteiger partial charge in [0.1, 0.15) is 17.5 Å². The standard InChI is InChI=1S/C13H11F2N3O/c14-9-3-1-8(2-4-9)6-18-13(19)11-5-10(15)7-17-12(11)16/h1-5,7H,6H2,(H2,16,17)(H,18,19). The maximum Gasteiger partial charge on any atom is 0.255 e. The van der Waals surface area contributed by atoms with Crippen LogP contribution in [0.25, 0.3) is 0 Å². The number of nitrogens with one attached hydrogen (secondary N) is 1. The molecular weight excluding hydrogens is 252 g/mol. The van der Waals surface area contributed by atoms with Crippen molar-refractivity contribution >= 4 is 11.7 Å². The van der Waals surface area contributed by atoms with Crippen LogP contribution < -0.4 is 11.1 Å². The summed E-state index contributed by atoms with van der Waals surface area (Å²) < 4.78 is 25.7. The Labute approximate surface area is 108 Å². The molecule has 1 heterocycles. The number of amides is 1. The minimum absolute atomic E-state index is 0.0258. The number of halogens is 2. The van der Waals surface area contributed by atoms with Crippen molar-refractivity contribution in [3.63, 3.8) is 0 Å². The molecule has 2 rings (SSSR count). The first kappa shape index (κ1) is 12.9. The highest BCUT2D eigenvalue weighted by Gasteiger charge is 2.11. The molecule has 1 aromatic carbocycles. The summed E-state index contributed by atoms with van der Waals surface area (Å²) in [5.74, 6) is -1.57. The normalized spacial score (nSPS) is 10.2. The fourth-order valence-electron chi connectivity index (χ4n) is 1.51. The van der Waals surface area contributed by atoms with E-state index in [2.05, 4.69) is 10.3 Å². The maximum absolute atomic E-state index is 13.0. The van der Waals surface area contributed by atoms with Crippen LogP contribution >= 0.6 is 0 Å². The molecule has 19 heavy (non-hydrogen) atoms. The number of anilines is 1. The Morgan fingerprint density at radius 2 is 1.89 bits per heavy atom. The molecule has 6 heteroatoms. The smallest absolute Gasteiger partial charge is 0.255 e. The third-order valence-corrected chi connectivity index (χ3v) is 2.50. The van der Waals surface area contributed by atoms with Crippen molar-refractivity contribution in [2.75, 3.05) is 5.73 Å². The Balaban J connectivity index is 2.05. The third-order valence-electron chi connectivity index (χ3n) is 2.50. The minimum atomic E-state index is -0.638. The van der Waals surface area contributed by atoms with Gasteiger partial charge in [-0.3, -0.25) is 4.79 Å². The molecule has 0 fully saturated rings. The second-order valence-corrected chi connectivity index (χ2v) is 3.90. The van der Waals surface area contributed by atoms with Gasteiger partial charge in [-0.1, -0.05) is 12.1 Å². The van der Waals surface area contributed by atoms with E-state index in [1.54, 1.807) is 12.1 Å². The SMILES string of the molecule is Nc1ncc(F)cc1C(=O)NCc1ccc(F)cc1. The molecule has 0 spiro atoms. The topological polar surface area (TPSA) is 68.0 Å². The summed E-state index contributed by atoms with van der Waals surface area (Å²) in [6.07, 6.45) is 0.937. The van der Waals surface area contributed by atoms with E-state index in [4.69, 9.17) is 5.73 Å². The van der Waals surface area contributed by atoms with Crippen LogP contribution in [0.3, 0.4) is 0 Å². The minimum Gasteiger partial charge on any atom is -0.383 e. The Morgan fingerprint density at radius 1 is 1.21 bits per heavy atom. The summed E-state index contributed by atoms with van der Waals surface area (Å²) in [7, 11) is 0. The van der Waals surface area contributed by atoms with Gasteiger partial charge in [0.15, 0.2) is 0 Å². The Hall–Kier alpha value is -2.50. The second-order valence-electron chi connectivity index (χ2n) is 3.90. The van der Waals surface area contributed by atoms with E-state index in [1.165, 1.54) is 12.1 Å². The van der Waals surface area contributed by atoms with Crippen LogP contribution in [0, 0.1) is 11.6 Å². The van der Waals surface area contributed by atoms with E-state index in [0.717, 1.165) is 17.8 Å². The number of carbonyl (C=O) groups excluding carboxylic acids is 1. The van der Waals surface area contributed by atoms with Crippen molar-refractivity contribution in [2.24, 2.45) is 0 Å². The average molecular weight is 263 g/mol. The molecule has 0 atom stereocenters. The number of aromatic nitrogens is 1. The molecule has 3 N–H and O–H groups in total. The van der Waals surface area contributed by atoms with Gasteiger partial charge in [-0.15, -0.1) is 0 Å². The molecule has 4 nitrogen and oxygen atoms in total. The zero-order valence-corrected chi connectivity index (χ0v) is 9.86. The number of hydrogen-bond acceptors (Lipinski definition) is 3. The molecule has 0 saturated carbocycles. The van der Waals surface area contributed by atoms with Gasteiger partial charge in [-0.25, -0.2) is 13.8 Å². The van der Waals surface area contributed by atoms with Crippen molar-refractivity contribution in [1.82, 2.24) is 10.3 Å². The van der Waals surface area contributed by atoms with Gasteiger partial charge in [0.25, 0.3) is 5.91 Å². The molecule has 0 aliphatic heterocycles. The van der Waals surface area contributed by atoms with Crippen LogP contribution in [0.1, 0.15) is 15.9 Å². The van der Waals surface area contributed by atoms with Gasteiger partial charge in [0.2, 0.25) is 0 Å². The first-order valence-corrected chi connectivity index (χ1v) is 5.50. The van der Waals surface area contributed by atoms with Crippen LogP contribution in [-0.2, 0) is 6.54 Å². The molecule has 0 radical (unpaired) electrons. The predicted molar refractivity (Wildman–Crippen MR) is 66.2 cm³/mol. The molecule has 1 aromatic heterocycles. The molecule has 0 aliphatic rings. The van der Waals surface area contributed by atoms with Crippen molar-refractivity contribution < 1.29 is 13.6 Å². The monoisotopic (exact) mass is 263 g/mol. The van der Waals surface area contributed by atoms with Gasteiger partial charge in [0.05, 0.1) is 11.8 Å².